The molecule has 0 aliphatic rings. The van der Waals surface area contributed by atoms with Crippen LogP contribution in [0.2, 0.25) is 0 Å². The normalized spacial score (nSPS) is 11.1. The average Bonchev–Trinajstić information content (AvgIpc) is 2.36. The van der Waals surface area contributed by atoms with E-state index < -0.39 is 0 Å². The standard InChI is InChI=1S/C16H27N3O/c1-4-19(12-16(20)18-13(2)3)10-6-8-14-7-5-9-15(17)11-14/h5,7,9,11,13H,4,6,8,10,12,17H2,1-3H3,(H,18,20). The largest absolute Gasteiger partial charge is 0.399 e. The number of likely N-dealkylation sites (N-methyl/N-ethyl adjacent to an activating group) is 1. The van der Waals surface area contributed by atoms with E-state index in [4.69, 9.17) is 5.73 Å². The Hall–Kier alpha value is -1.55. The molecule has 0 fully saturated rings. The van der Waals surface area contributed by atoms with Crippen LogP contribution >= 0.6 is 0 Å². The van der Waals surface area contributed by atoms with Crippen molar-refractivity contribution < 1.29 is 4.79 Å². The third kappa shape index (κ3) is 6.57. The summed E-state index contributed by atoms with van der Waals surface area (Å²) in [6, 6.07) is 8.20. The van der Waals surface area contributed by atoms with Gasteiger partial charge in [0.2, 0.25) is 5.91 Å². The molecule has 0 radical (unpaired) electrons. The smallest absolute Gasteiger partial charge is 0.234 e. The number of nitrogens with two attached hydrogens (primary N) is 1. The van der Waals surface area contributed by atoms with Gasteiger partial charge in [0.25, 0.3) is 0 Å². The topological polar surface area (TPSA) is 58.4 Å². The third-order valence-corrected chi connectivity index (χ3v) is 3.15. The number of carbonyl (C=O) groups is 1. The van der Waals surface area contributed by atoms with E-state index in [1.807, 2.05) is 32.0 Å². The van der Waals surface area contributed by atoms with Crippen LogP contribution in [0.25, 0.3) is 0 Å². The molecule has 0 spiro atoms. The first kappa shape index (κ1) is 16.5. The number of nitrogens with one attached hydrogen (secondary N) is 1. The van der Waals surface area contributed by atoms with Crippen molar-refractivity contribution in [3.63, 3.8) is 0 Å². The van der Waals surface area contributed by atoms with Crippen molar-refractivity contribution in [3.05, 3.63) is 29.8 Å². The molecule has 20 heavy (non-hydrogen) atoms. The molecule has 1 amide bonds. The Labute approximate surface area is 122 Å². The van der Waals surface area contributed by atoms with Gasteiger partial charge in [-0.3, -0.25) is 9.69 Å². The van der Waals surface area contributed by atoms with Gasteiger partial charge in [-0.25, -0.2) is 0 Å². The second-order valence-corrected chi connectivity index (χ2v) is 5.44. The lowest BCUT2D eigenvalue weighted by Crippen LogP contribution is -2.40. The molecule has 0 aromatic heterocycles. The van der Waals surface area contributed by atoms with Crippen LogP contribution in [0.4, 0.5) is 5.69 Å². The highest BCUT2D eigenvalue weighted by Gasteiger charge is 2.09. The number of anilines is 1. The second kappa shape index (κ2) is 8.59. The zero-order valence-electron chi connectivity index (χ0n) is 12.9. The Morgan fingerprint density at radius 3 is 2.75 bits per heavy atom. The molecule has 0 aliphatic carbocycles. The molecule has 4 heteroatoms. The number of rotatable bonds is 8. The maximum absolute atomic E-state index is 11.7. The minimum atomic E-state index is 0.103. The molecule has 0 saturated heterocycles. The summed E-state index contributed by atoms with van der Waals surface area (Å²) in [7, 11) is 0. The highest BCUT2D eigenvalue weighted by molar-refractivity contribution is 5.78. The van der Waals surface area contributed by atoms with E-state index in [2.05, 4.69) is 23.2 Å². The third-order valence-electron chi connectivity index (χ3n) is 3.15. The lowest BCUT2D eigenvalue weighted by molar-refractivity contribution is -0.122. The zero-order chi connectivity index (χ0) is 15.0. The van der Waals surface area contributed by atoms with Gasteiger partial charge in [-0.15, -0.1) is 0 Å². The summed E-state index contributed by atoms with van der Waals surface area (Å²) in [6.45, 7) is 8.34. The molecular formula is C16H27N3O. The predicted octanol–water partition coefficient (Wildman–Crippen LogP) is 2.05. The van der Waals surface area contributed by atoms with E-state index in [1.165, 1.54) is 5.56 Å². The Bertz CT molecular complexity index is 418. The quantitative estimate of drug-likeness (QED) is 0.715. The fraction of sp³-hybridized carbons (Fsp3) is 0.562. The summed E-state index contributed by atoms with van der Waals surface area (Å²) in [4.78, 5) is 13.9. The second-order valence-electron chi connectivity index (χ2n) is 5.44. The summed E-state index contributed by atoms with van der Waals surface area (Å²) < 4.78 is 0. The molecule has 0 atom stereocenters. The van der Waals surface area contributed by atoms with Crippen LogP contribution < -0.4 is 11.1 Å². The number of hydrogen-bond acceptors (Lipinski definition) is 3. The number of hydrogen-bond donors (Lipinski definition) is 2. The van der Waals surface area contributed by atoms with Crippen LogP contribution in [0, 0.1) is 0 Å². The molecular weight excluding hydrogens is 250 g/mol. The Morgan fingerprint density at radius 2 is 2.15 bits per heavy atom. The monoisotopic (exact) mass is 277 g/mol. The van der Waals surface area contributed by atoms with Gasteiger partial charge in [0, 0.05) is 11.7 Å². The fourth-order valence-corrected chi connectivity index (χ4v) is 2.18. The summed E-state index contributed by atoms with van der Waals surface area (Å²) in [5.74, 6) is 0.103. The first-order chi connectivity index (χ1) is 9.51. The summed E-state index contributed by atoms with van der Waals surface area (Å²) in [5.41, 5.74) is 7.83. The molecule has 0 saturated carbocycles. The molecule has 1 rings (SSSR count). The van der Waals surface area contributed by atoms with Gasteiger partial charge in [0.05, 0.1) is 6.54 Å². The molecule has 0 bridgehead atoms. The molecule has 0 unspecified atom stereocenters. The van der Waals surface area contributed by atoms with E-state index in [0.29, 0.717) is 6.54 Å². The highest BCUT2D eigenvalue weighted by Crippen LogP contribution is 2.09. The van der Waals surface area contributed by atoms with Crippen molar-refractivity contribution >= 4 is 11.6 Å². The Morgan fingerprint density at radius 1 is 1.40 bits per heavy atom. The predicted molar refractivity (Wildman–Crippen MR) is 84.6 cm³/mol. The minimum Gasteiger partial charge on any atom is -0.399 e. The van der Waals surface area contributed by atoms with Gasteiger partial charge in [0.1, 0.15) is 0 Å². The van der Waals surface area contributed by atoms with Gasteiger partial charge in [-0.1, -0.05) is 19.1 Å². The number of aryl methyl sites for hydroxylation is 1. The van der Waals surface area contributed by atoms with Crippen molar-refractivity contribution in [2.24, 2.45) is 0 Å². The lowest BCUT2D eigenvalue weighted by Gasteiger charge is -2.20. The molecule has 0 aliphatic heterocycles. The Kier molecular flexibility index (Phi) is 7.09. The Balaban J connectivity index is 2.32. The van der Waals surface area contributed by atoms with Crippen molar-refractivity contribution in [1.82, 2.24) is 10.2 Å². The van der Waals surface area contributed by atoms with Crippen LogP contribution in [0.5, 0.6) is 0 Å². The number of nitrogens with zero attached hydrogens (tertiary/aromatic N) is 1. The van der Waals surface area contributed by atoms with Gasteiger partial charge in [0.15, 0.2) is 0 Å². The average molecular weight is 277 g/mol. The zero-order valence-corrected chi connectivity index (χ0v) is 12.9. The maximum Gasteiger partial charge on any atom is 0.234 e. The fourth-order valence-electron chi connectivity index (χ4n) is 2.18. The first-order valence-electron chi connectivity index (χ1n) is 7.37. The molecule has 3 N–H and O–H groups in total. The number of nitrogen functional groups attached to an aromatic ring is 1. The number of amides is 1. The SMILES string of the molecule is CCN(CCCc1cccc(N)c1)CC(=O)NC(C)C. The molecule has 4 nitrogen and oxygen atoms in total. The highest BCUT2D eigenvalue weighted by atomic mass is 16.2. The van der Waals surface area contributed by atoms with E-state index in [-0.39, 0.29) is 11.9 Å². The molecule has 1 aromatic rings. The van der Waals surface area contributed by atoms with Gasteiger partial charge in [-0.2, -0.15) is 0 Å². The van der Waals surface area contributed by atoms with Crippen molar-refractivity contribution in [2.75, 3.05) is 25.4 Å². The van der Waals surface area contributed by atoms with Crippen molar-refractivity contribution in [3.8, 4) is 0 Å². The van der Waals surface area contributed by atoms with Crippen LogP contribution in [0.3, 0.4) is 0 Å². The molecule has 1 aromatic carbocycles. The van der Waals surface area contributed by atoms with Gasteiger partial charge in [-0.05, 0) is 57.5 Å². The van der Waals surface area contributed by atoms with Gasteiger partial charge < -0.3 is 11.1 Å². The van der Waals surface area contributed by atoms with Crippen molar-refractivity contribution in [2.45, 2.75) is 39.7 Å². The lowest BCUT2D eigenvalue weighted by atomic mass is 10.1. The van der Waals surface area contributed by atoms with E-state index in [0.717, 1.165) is 31.6 Å². The molecule has 112 valence electrons. The van der Waals surface area contributed by atoms with Crippen molar-refractivity contribution in [1.29, 1.82) is 0 Å². The number of carbonyl (C=O) groups excluding carboxylic acids is 1. The summed E-state index contributed by atoms with van der Waals surface area (Å²) in [6.07, 6.45) is 2.03. The summed E-state index contributed by atoms with van der Waals surface area (Å²) in [5, 5.41) is 2.93. The van der Waals surface area contributed by atoms with E-state index >= 15 is 0 Å². The maximum atomic E-state index is 11.7. The van der Waals surface area contributed by atoms with Gasteiger partial charge >= 0.3 is 0 Å². The van der Waals surface area contributed by atoms with E-state index in [1.54, 1.807) is 0 Å². The minimum absolute atomic E-state index is 0.103. The van der Waals surface area contributed by atoms with Crippen LogP contribution in [-0.2, 0) is 11.2 Å². The summed E-state index contributed by atoms with van der Waals surface area (Å²) >= 11 is 0. The first-order valence-corrected chi connectivity index (χ1v) is 7.37. The number of benzene rings is 1. The van der Waals surface area contributed by atoms with E-state index in [9.17, 15) is 4.79 Å². The van der Waals surface area contributed by atoms with Crippen LogP contribution in [0.1, 0.15) is 32.8 Å². The van der Waals surface area contributed by atoms with Crippen LogP contribution in [-0.4, -0.2) is 36.5 Å². The van der Waals surface area contributed by atoms with Crippen LogP contribution in [0.15, 0.2) is 24.3 Å². The molecule has 0 heterocycles.